The Kier molecular flexibility index (Phi) is 5.64. The summed E-state index contributed by atoms with van der Waals surface area (Å²) in [6, 6.07) is 3.69. The molecule has 2 N–H and O–H groups in total. The number of nitrogens with one attached hydrogen (secondary N) is 2. The van der Waals surface area contributed by atoms with Crippen LogP contribution in [0.15, 0.2) is 59.7 Å². The molecule has 0 bridgehead atoms. The van der Waals surface area contributed by atoms with E-state index in [-0.39, 0.29) is 22.7 Å². The average Bonchev–Trinajstić information content (AvgIpc) is 3.44. The third kappa shape index (κ3) is 4.53. The summed E-state index contributed by atoms with van der Waals surface area (Å²) in [6.45, 7) is 4.28. The normalized spacial score (nSPS) is 16.7. The molecule has 0 atom stereocenters. The van der Waals surface area contributed by atoms with Crippen molar-refractivity contribution in [3.63, 3.8) is 0 Å². The number of alkyl halides is 3. The van der Waals surface area contributed by atoms with Crippen LogP contribution in [-0.4, -0.2) is 27.5 Å². The molecule has 2 aromatic heterocycles. The Hall–Kier alpha value is -3.40. The number of para-hydroxylation sites is 1. The molecule has 0 radical (unpaired) electrons. The molecule has 0 saturated carbocycles. The summed E-state index contributed by atoms with van der Waals surface area (Å²) in [5.41, 5.74) is 0.283. The smallest absolute Gasteiger partial charge is 0.418 e. The first kappa shape index (κ1) is 20.9. The molecule has 160 valence electrons. The Morgan fingerprint density at radius 2 is 2.19 bits per heavy atom. The van der Waals surface area contributed by atoms with Gasteiger partial charge in [0.15, 0.2) is 0 Å². The van der Waals surface area contributed by atoms with E-state index in [9.17, 15) is 18.0 Å². The number of halogens is 3. The largest absolute Gasteiger partial charge is 0.493 e. The lowest BCUT2D eigenvalue weighted by Crippen LogP contribution is -2.13. The van der Waals surface area contributed by atoms with E-state index in [4.69, 9.17) is 4.74 Å². The van der Waals surface area contributed by atoms with Crippen LogP contribution >= 0.6 is 11.3 Å². The van der Waals surface area contributed by atoms with Gasteiger partial charge in [0.25, 0.3) is 5.91 Å². The Morgan fingerprint density at radius 3 is 2.97 bits per heavy atom. The molecule has 3 aromatic rings. The van der Waals surface area contributed by atoms with E-state index in [0.29, 0.717) is 13.0 Å². The maximum Gasteiger partial charge on any atom is 0.418 e. The Morgan fingerprint density at radius 1 is 1.35 bits per heavy atom. The number of H-pyrrole nitrogens is 1. The second kappa shape index (κ2) is 8.38. The maximum atomic E-state index is 13.1. The van der Waals surface area contributed by atoms with Gasteiger partial charge < -0.3 is 9.72 Å². The SMILES string of the molecule is C=C/C=C1/OCC/C1=C/Cc1nc(C(=O)Nc2nc3c(C(F)(F)F)cccc3[nH]2)cs1. The van der Waals surface area contributed by atoms with Crippen LogP contribution in [0.5, 0.6) is 0 Å². The van der Waals surface area contributed by atoms with Gasteiger partial charge in [-0.15, -0.1) is 11.3 Å². The Labute approximate surface area is 179 Å². The zero-order valence-corrected chi connectivity index (χ0v) is 16.9. The molecule has 6 nitrogen and oxygen atoms in total. The van der Waals surface area contributed by atoms with Crippen LogP contribution in [0, 0.1) is 0 Å². The lowest BCUT2D eigenvalue weighted by molar-refractivity contribution is -0.136. The summed E-state index contributed by atoms with van der Waals surface area (Å²) >= 11 is 1.32. The minimum absolute atomic E-state index is 0.0734. The van der Waals surface area contributed by atoms with E-state index < -0.39 is 17.6 Å². The van der Waals surface area contributed by atoms with Gasteiger partial charge in [-0.25, -0.2) is 9.97 Å². The predicted octanol–water partition coefficient (Wildman–Crippen LogP) is 5.25. The number of fused-ring (bicyclic) bond motifs is 1. The molecular formula is C21H17F3N4O2S. The molecule has 4 rings (SSSR count). The van der Waals surface area contributed by atoms with Crippen molar-refractivity contribution in [2.75, 3.05) is 11.9 Å². The number of aromatic nitrogens is 3. The van der Waals surface area contributed by atoms with Crippen LogP contribution in [0.1, 0.15) is 27.5 Å². The van der Waals surface area contributed by atoms with Crippen LogP contribution in [0.25, 0.3) is 11.0 Å². The number of carbonyl (C=O) groups is 1. The summed E-state index contributed by atoms with van der Waals surface area (Å²) in [4.78, 5) is 23.4. The topological polar surface area (TPSA) is 79.9 Å². The molecule has 1 aliphatic heterocycles. The van der Waals surface area contributed by atoms with Crippen LogP contribution in [-0.2, 0) is 17.3 Å². The van der Waals surface area contributed by atoms with Crippen LogP contribution in [0.4, 0.5) is 19.1 Å². The summed E-state index contributed by atoms with van der Waals surface area (Å²) in [6.07, 6.45) is 2.25. The predicted molar refractivity (Wildman–Crippen MR) is 112 cm³/mol. The Balaban J connectivity index is 1.47. The number of benzene rings is 1. The number of allylic oxidation sites excluding steroid dienone is 4. The number of amides is 1. The fourth-order valence-corrected chi connectivity index (χ4v) is 3.90. The van der Waals surface area contributed by atoms with Crippen molar-refractivity contribution in [2.24, 2.45) is 0 Å². The first-order valence-corrected chi connectivity index (χ1v) is 10.2. The van der Waals surface area contributed by atoms with E-state index in [0.717, 1.165) is 28.8 Å². The number of hydrogen-bond acceptors (Lipinski definition) is 5. The zero-order chi connectivity index (χ0) is 22.0. The van der Waals surface area contributed by atoms with E-state index in [1.807, 2.05) is 6.08 Å². The number of anilines is 1. The number of hydrogen-bond donors (Lipinski definition) is 2. The number of nitrogens with zero attached hydrogens (tertiary/aromatic N) is 2. The standard InChI is InChI=1S/C21H17F3N4O2S/c1-2-4-16-12(9-10-30-16)7-8-17-25-15(11-31-17)19(29)28-20-26-14-6-3-5-13(18(14)27-20)21(22,23)24/h2-7,11H,1,8-10H2,(H2,26,27,28,29)/b12-7-,16-4+. The molecular weight excluding hydrogens is 429 g/mol. The summed E-state index contributed by atoms with van der Waals surface area (Å²) in [7, 11) is 0. The number of imidazole rings is 1. The monoisotopic (exact) mass is 446 g/mol. The molecule has 1 saturated heterocycles. The van der Waals surface area contributed by atoms with Crippen molar-refractivity contribution in [1.82, 2.24) is 15.0 Å². The van der Waals surface area contributed by atoms with Gasteiger partial charge in [-0.05, 0) is 23.8 Å². The molecule has 0 aliphatic carbocycles. The third-order valence-electron chi connectivity index (χ3n) is 4.57. The van der Waals surface area contributed by atoms with Gasteiger partial charge in [0.1, 0.15) is 17.0 Å². The van der Waals surface area contributed by atoms with Gasteiger partial charge in [0.05, 0.1) is 22.7 Å². The van der Waals surface area contributed by atoms with Crippen molar-refractivity contribution in [3.8, 4) is 0 Å². The van der Waals surface area contributed by atoms with Gasteiger partial charge in [-0.3, -0.25) is 10.1 Å². The van der Waals surface area contributed by atoms with Crippen molar-refractivity contribution in [2.45, 2.75) is 19.0 Å². The highest BCUT2D eigenvalue weighted by atomic mass is 32.1. The van der Waals surface area contributed by atoms with Gasteiger partial charge in [0, 0.05) is 18.2 Å². The van der Waals surface area contributed by atoms with E-state index in [2.05, 4.69) is 26.8 Å². The van der Waals surface area contributed by atoms with Gasteiger partial charge >= 0.3 is 6.18 Å². The second-order valence-corrected chi connectivity index (χ2v) is 7.61. The van der Waals surface area contributed by atoms with Crippen LogP contribution in [0.3, 0.4) is 0 Å². The number of carbonyl (C=O) groups excluding carboxylic acids is 1. The molecule has 1 fully saturated rings. The first-order chi connectivity index (χ1) is 14.8. The maximum absolute atomic E-state index is 13.1. The minimum Gasteiger partial charge on any atom is -0.493 e. The highest BCUT2D eigenvalue weighted by Crippen LogP contribution is 2.34. The summed E-state index contributed by atoms with van der Waals surface area (Å²) in [5.74, 6) is 0.155. The van der Waals surface area contributed by atoms with Crippen molar-refractivity contribution in [1.29, 1.82) is 0 Å². The molecule has 31 heavy (non-hydrogen) atoms. The number of aromatic amines is 1. The highest BCUT2D eigenvalue weighted by Gasteiger charge is 2.33. The summed E-state index contributed by atoms with van der Waals surface area (Å²) in [5, 5.41) is 4.80. The fraction of sp³-hybridized carbons (Fsp3) is 0.190. The fourth-order valence-electron chi connectivity index (χ4n) is 3.16. The minimum atomic E-state index is -4.54. The molecule has 10 heteroatoms. The molecule has 0 spiro atoms. The van der Waals surface area contributed by atoms with E-state index >= 15 is 0 Å². The van der Waals surface area contributed by atoms with Crippen LogP contribution in [0.2, 0.25) is 0 Å². The van der Waals surface area contributed by atoms with E-state index in [1.165, 1.54) is 23.5 Å². The first-order valence-electron chi connectivity index (χ1n) is 9.32. The van der Waals surface area contributed by atoms with E-state index in [1.54, 1.807) is 17.5 Å². The highest BCUT2D eigenvalue weighted by molar-refractivity contribution is 7.09. The number of ether oxygens (including phenoxy) is 1. The van der Waals surface area contributed by atoms with Crippen LogP contribution < -0.4 is 5.32 Å². The molecule has 3 heterocycles. The van der Waals surface area contributed by atoms with Crippen molar-refractivity contribution in [3.05, 3.63) is 76.0 Å². The lowest BCUT2D eigenvalue weighted by atomic mass is 10.1. The number of rotatable bonds is 5. The Bertz CT molecular complexity index is 1210. The summed E-state index contributed by atoms with van der Waals surface area (Å²) < 4.78 is 44.9. The molecule has 0 unspecified atom stereocenters. The molecule has 1 amide bonds. The van der Waals surface area contributed by atoms with Crippen molar-refractivity contribution < 1.29 is 22.7 Å². The molecule has 1 aliphatic rings. The van der Waals surface area contributed by atoms with Gasteiger partial charge in [-0.2, -0.15) is 13.2 Å². The second-order valence-electron chi connectivity index (χ2n) is 6.66. The van der Waals surface area contributed by atoms with Gasteiger partial charge in [-0.1, -0.05) is 24.8 Å². The lowest BCUT2D eigenvalue weighted by Gasteiger charge is -2.05. The average molecular weight is 446 g/mol. The van der Waals surface area contributed by atoms with Crippen molar-refractivity contribution >= 4 is 34.2 Å². The zero-order valence-electron chi connectivity index (χ0n) is 16.1. The van der Waals surface area contributed by atoms with Gasteiger partial charge in [0.2, 0.25) is 5.95 Å². The number of thiazole rings is 1. The third-order valence-corrected chi connectivity index (χ3v) is 5.44. The quantitative estimate of drug-likeness (QED) is 0.561. The molecule has 1 aromatic carbocycles.